The Labute approximate surface area is 189 Å². The summed E-state index contributed by atoms with van der Waals surface area (Å²) in [5, 5.41) is 1.61. The molecule has 3 rings (SSSR count). The third-order valence-corrected chi connectivity index (χ3v) is 5.13. The minimum atomic E-state index is -5.69. The topological polar surface area (TPSA) is 46.2 Å². The Balaban J connectivity index is 1.94. The maximum atomic E-state index is 14.1. The van der Waals surface area contributed by atoms with Crippen LogP contribution in [0.1, 0.15) is 34.0 Å². The summed E-state index contributed by atoms with van der Waals surface area (Å²) in [5.41, 5.74) is -1.92. The second-order valence-electron chi connectivity index (χ2n) is 7.47. The van der Waals surface area contributed by atoms with Crippen molar-refractivity contribution in [3.8, 4) is 11.1 Å². The van der Waals surface area contributed by atoms with Crippen LogP contribution in [0, 0.1) is 30.2 Å². The molecule has 0 radical (unpaired) electrons. The normalized spacial score (nSPS) is 11.4. The lowest BCUT2D eigenvalue weighted by molar-refractivity contribution is -0.143. The predicted molar refractivity (Wildman–Crippen MR) is 110 cm³/mol. The first-order chi connectivity index (χ1) is 15.8. The number of anilines is 1. The molecule has 3 aromatic carbocycles. The van der Waals surface area contributed by atoms with E-state index in [-0.39, 0.29) is 5.78 Å². The van der Waals surface area contributed by atoms with E-state index in [1.807, 2.05) is 0 Å². The van der Waals surface area contributed by atoms with Gasteiger partial charge in [0, 0.05) is 5.56 Å². The number of nitrogens with one attached hydrogen (secondary N) is 1. The minimum Gasteiger partial charge on any atom is -0.321 e. The molecule has 0 spiro atoms. The summed E-state index contributed by atoms with van der Waals surface area (Å²) in [5.74, 6) is -11.4. The average Bonchev–Trinajstić information content (AvgIpc) is 2.76. The molecule has 0 aromatic heterocycles. The molecule has 3 nitrogen and oxygen atoms in total. The fourth-order valence-electron chi connectivity index (χ4n) is 3.42. The van der Waals surface area contributed by atoms with Crippen LogP contribution >= 0.6 is 0 Å². The summed E-state index contributed by atoms with van der Waals surface area (Å²) in [7, 11) is 0. The van der Waals surface area contributed by atoms with E-state index in [4.69, 9.17) is 0 Å². The van der Waals surface area contributed by atoms with Gasteiger partial charge in [0.1, 0.15) is 11.3 Å². The second kappa shape index (κ2) is 9.28. The van der Waals surface area contributed by atoms with Gasteiger partial charge in [-0.2, -0.15) is 13.2 Å². The quantitative estimate of drug-likeness (QED) is 0.252. The zero-order chi connectivity index (χ0) is 25.4. The number of rotatable bonds is 5. The first-order valence-electron chi connectivity index (χ1n) is 9.75. The highest BCUT2D eigenvalue weighted by Gasteiger charge is 2.42. The summed E-state index contributed by atoms with van der Waals surface area (Å²) >= 11 is 0. The number of benzene rings is 3. The van der Waals surface area contributed by atoms with Gasteiger partial charge in [-0.25, -0.2) is 17.6 Å². The van der Waals surface area contributed by atoms with E-state index in [1.54, 1.807) is 54.7 Å². The molecule has 3 aromatic rings. The van der Waals surface area contributed by atoms with Crippen LogP contribution in [0.4, 0.5) is 36.4 Å². The highest BCUT2D eigenvalue weighted by molar-refractivity contribution is 6.01. The van der Waals surface area contributed by atoms with Crippen molar-refractivity contribution in [1.82, 2.24) is 0 Å². The Morgan fingerprint density at radius 2 is 1.47 bits per heavy atom. The van der Waals surface area contributed by atoms with Crippen molar-refractivity contribution in [1.29, 1.82) is 0 Å². The van der Waals surface area contributed by atoms with Gasteiger partial charge in [0.2, 0.25) is 5.91 Å². The van der Waals surface area contributed by atoms with E-state index in [1.165, 1.54) is 6.92 Å². The van der Waals surface area contributed by atoms with Crippen LogP contribution in [-0.2, 0) is 17.4 Å². The van der Waals surface area contributed by atoms with Crippen LogP contribution in [0.15, 0.2) is 42.5 Å². The van der Waals surface area contributed by atoms with E-state index >= 15 is 0 Å². The lowest BCUT2D eigenvalue weighted by atomic mass is 9.93. The van der Waals surface area contributed by atoms with Crippen molar-refractivity contribution >= 4 is 17.4 Å². The Bertz CT molecular complexity index is 1270. The van der Waals surface area contributed by atoms with E-state index in [0.29, 0.717) is 27.8 Å². The van der Waals surface area contributed by atoms with Gasteiger partial charge in [-0.15, -0.1) is 0 Å². The molecule has 178 valence electrons. The number of alkyl halides is 3. The lowest BCUT2D eigenvalue weighted by Gasteiger charge is -2.15. The molecule has 1 N–H and O–H groups in total. The second-order valence-corrected chi connectivity index (χ2v) is 7.47. The zero-order valence-corrected chi connectivity index (χ0v) is 17.7. The molecule has 0 fully saturated rings. The Kier molecular flexibility index (Phi) is 6.81. The number of hydrogen-bond acceptors (Lipinski definition) is 2. The highest BCUT2D eigenvalue weighted by atomic mass is 19.4. The number of halogens is 7. The van der Waals surface area contributed by atoms with Crippen molar-refractivity contribution < 1.29 is 40.3 Å². The number of amides is 1. The summed E-state index contributed by atoms with van der Waals surface area (Å²) < 4.78 is 94.0. The number of ketones is 1. The Morgan fingerprint density at radius 1 is 0.882 bits per heavy atom. The fraction of sp³-hybridized carbons (Fsp3) is 0.167. The van der Waals surface area contributed by atoms with E-state index < -0.39 is 53.0 Å². The number of hydrogen-bond donors (Lipinski definition) is 1. The molecule has 0 aliphatic carbocycles. The van der Waals surface area contributed by atoms with Crippen LogP contribution in [0.25, 0.3) is 11.1 Å². The van der Waals surface area contributed by atoms with Crippen molar-refractivity contribution in [3.05, 3.63) is 88.0 Å². The standard InChI is InChI=1S/C24H16F7NO2/c1-11-7-8-13(16-6-4-3-5-15(16)12(2)33)9-14(11)10-17(34)32-23-21(27)19(25)18(24(29,30)31)20(26)22(23)28/h3-9H,10H2,1-2H3,(H,32,34). The van der Waals surface area contributed by atoms with Gasteiger partial charge >= 0.3 is 6.18 Å². The van der Waals surface area contributed by atoms with Gasteiger partial charge < -0.3 is 5.32 Å². The predicted octanol–water partition coefficient (Wildman–Crippen LogP) is 6.62. The van der Waals surface area contributed by atoms with Gasteiger partial charge in [0.15, 0.2) is 29.1 Å². The molecule has 0 aliphatic heterocycles. The molecule has 1 amide bonds. The summed E-state index contributed by atoms with van der Waals surface area (Å²) in [6.45, 7) is 3.01. The van der Waals surface area contributed by atoms with E-state index in [0.717, 1.165) is 0 Å². The maximum absolute atomic E-state index is 14.1. The summed E-state index contributed by atoms with van der Waals surface area (Å²) in [6, 6.07) is 11.6. The first-order valence-corrected chi connectivity index (χ1v) is 9.75. The van der Waals surface area contributed by atoms with Gasteiger partial charge in [0.25, 0.3) is 0 Å². The number of Topliss-reactive ketones (excluding diaryl/α,β-unsaturated/α-hetero) is 1. The third-order valence-electron chi connectivity index (χ3n) is 5.13. The molecule has 0 heterocycles. The fourth-order valence-corrected chi connectivity index (χ4v) is 3.42. The van der Waals surface area contributed by atoms with Gasteiger partial charge in [-0.05, 0) is 36.1 Å². The zero-order valence-electron chi connectivity index (χ0n) is 17.7. The highest BCUT2D eigenvalue weighted by Crippen LogP contribution is 2.38. The Morgan fingerprint density at radius 3 is 2.03 bits per heavy atom. The summed E-state index contributed by atoms with van der Waals surface area (Å²) in [6.07, 6.45) is -6.21. The molecule has 0 saturated heterocycles. The van der Waals surface area contributed by atoms with Crippen molar-refractivity contribution in [2.75, 3.05) is 5.32 Å². The average molecular weight is 483 g/mol. The van der Waals surface area contributed by atoms with Crippen molar-refractivity contribution in [2.24, 2.45) is 0 Å². The molecule has 0 aliphatic rings. The number of carbonyl (C=O) groups is 2. The van der Waals surface area contributed by atoms with Gasteiger partial charge in [-0.3, -0.25) is 9.59 Å². The Hall–Kier alpha value is -3.69. The molecule has 0 atom stereocenters. The molecular weight excluding hydrogens is 467 g/mol. The molecule has 10 heteroatoms. The maximum Gasteiger partial charge on any atom is 0.422 e. The molecule has 0 bridgehead atoms. The molecule has 34 heavy (non-hydrogen) atoms. The van der Waals surface area contributed by atoms with E-state index in [9.17, 15) is 40.3 Å². The summed E-state index contributed by atoms with van der Waals surface area (Å²) in [4.78, 5) is 24.3. The van der Waals surface area contributed by atoms with Gasteiger partial charge in [-0.1, -0.05) is 42.5 Å². The van der Waals surface area contributed by atoms with Crippen LogP contribution in [0.3, 0.4) is 0 Å². The van der Waals surface area contributed by atoms with Gasteiger partial charge in [0.05, 0.1) is 6.42 Å². The number of aryl methyl sites for hydroxylation is 1. The van der Waals surface area contributed by atoms with Crippen LogP contribution in [0.5, 0.6) is 0 Å². The van der Waals surface area contributed by atoms with Crippen molar-refractivity contribution in [3.63, 3.8) is 0 Å². The van der Waals surface area contributed by atoms with Crippen molar-refractivity contribution in [2.45, 2.75) is 26.4 Å². The lowest BCUT2D eigenvalue weighted by Crippen LogP contribution is -2.21. The SMILES string of the molecule is CC(=O)c1ccccc1-c1ccc(C)c(CC(=O)Nc2c(F)c(F)c(C(F)(F)F)c(F)c2F)c1. The minimum absolute atomic E-state index is 0.201. The number of carbonyl (C=O) groups excluding carboxylic acids is 2. The first kappa shape index (κ1) is 24.9. The molecule has 0 saturated carbocycles. The monoisotopic (exact) mass is 483 g/mol. The third kappa shape index (κ3) is 4.80. The van der Waals surface area contributed by atoms with Crippen LogP contribution in [-0.4, -0.2) is 11.7 Å². The largest absolute Gasteiger partial charge is 0.422 e. The molecular formula is C24H16F7NO2. The van der Waals surface area contributed by atoms with E-state index in [2.05, 4.69) is 0 Å². The van der Waals surface area contributed by atoms with Crippen LogP contribution in [0.2, 0.25) is 0 Å². The van der Waals surface area contributed by atoms with Crippen LogP contribution < -0.4 is 5.32 Å². The smallest absolute Gasteiger partial charge is 0.321 e. The molecule has 0 unspecified atom stereocenters.